The van der Waals surface area contributed by atoms with E-state index in [0.29, 0.717) is 27.5 Å². The molecule has 1 fully saturated rings. The second-order valence-corrected chi connectivity index (χ2v) is 8.24. The van der Waals surface area contributed by atoms with Crippen molar-refractivity contribution in [2.75, 3.05) is 0 Å². The first-order valence-corrected chi connectivity index (χ1v) is 9.27. The molecule has 0 spiro atoms. The van der Waals surface area contributed by atoms with Crippen molar-refractivity contribution in [1.29, 1.82) is 5.26 Å². The number of pyridine rings is 1. The highest BCUT2D eigenvalue weighted by Crippen LogP contribution is 2.38. The number of nitrogens with zero attached hydrogens (tertiary/aromatic N) is 4. The molecule has 22 heavy (non-hydrogen) atoms. The van der Waals surface area contributed by atoms with Crippen LogP contribution in [-0.2, 0) is 0 Å². The molecule has 1 atom stereocenters. The molecule has 0 N–H and O–H groups in total. The summed E-state index contributed by atoms with van der Waals surface area (Å²) in [6.45, 7) is 2.16. The first-order chi connectivity index (χ1) is 10.6. The van der Waals surface area contributed by atoms with E-state index in [9.17, 15) is 0 Å². The van der Waals surface area contributed by atoms with Crippen LogP contribution in [0, 0.1) is 17.2 Å². The van der Waals surface area contributed by atoms with Gasteiger partial charge in [0.25, 0.3) is 0 Å². The highest BCUT2D eigenvalue weighted by atomic mass is 127. The van der Waals surface area contributed by atoms with Gasteiger partial charge in [0.05, 0.1) is 21.7 Å². The smallest absolute Gasteiger partial charge is 0.131 e. The van der Waals surface area contributed by atoms with E-state index in [2.05, 4.69) is 45.1 Å². The molecule has 0 aromatic carbocycles. The van der Waals surface area contributed by atoms with Gasteiger partial charge in [-0.1, -0.05) is 34.2 Å². The number of fused-ring (bicyclic) bond motifs is 1. The fourth-order valence-electron chi connectivity index (χ4n) is 3.39. The average Bonchev–Trinajstić information content (AvgIpc) is 2.87. The third kappa shape index (κ3) is 3.09. The van der Waals surface area contributed by atoms with Crippen LogP contribution in [0.5, 0.6) is 0 Å². The quantitative estimate of drug-likeness (QED) is 0.382. The molecule has 1 aliphatic carbocycles. The fourth-order valence-corrected chi connectivity index (χ4v) is 3.98. The van der Waals surface area contributed by atoms with Crippen LogP contribution in [0.1, 0.15) is 54.8 Å². The van der Waals surface area contributed by atoms with Gasteiger partial charge in [-0.2, -0.15) is 5.26 Å². The summed E-state index contributed by atoms with van der Waals surface area (Å²) in [6, 6.07) is 4.68. The summed E-state index contributed by atoms with van der Waals surface area (Å²) in [5, 5.41) is 9.38. The lowest BCUT2D eigenvalue weighted by molar-refractivity contribution is 0.278. The molecule has 2 aromatic heterocycles. The van der Waals surface area contributed by atoms with Crippen molar-refractivity contribution in [2.24, 2.45) is 5.92 Å². The molecule has 1 saturated carbocycles. The standard InChI is InChI=1S/C16H18ClIN4/c1-10(18)16-21-13-9-20-15(17)8-14(13)22(16)12-4-2-11(3-5-12)6-7-19/h8-12H,2-6H2,1H3/t10-,11?,12?/m1/s1. The topological polar surface area (TPSA) is 54.5 Å². The van der Waals surface area contributed by atoms with Crippen molar-refractivity contribution in [2.45, 2.75) is 49.0 Å². The van der Waals surface area contributed by atoms with Gasteiger partial charge in [-0.25, -0.2) is 9.97 Å². The maximum atomic E-state index is 8.87. The molecule has 3 rings (SSSR count). The Morgan fingerprint density at radius 3 is 2.82 bits per heavy atom. The molecule has 1 aliphatic rings. The Hall–Kier alpha value is -0.870. The van der Waals surface area contributed by atoms with Gasteiger partial charge in [0.1, 0.15) is 16.5 Å². The lowest BCUT2D eigenvalue weighted by atomic mass is 9.84. The monoisotopic (exact) mass is 428 g/mol. The van der Waals surface area contributed by atoms with E-state index in [1.54, 1.807) is 6.20 Å². The van der Waals surface area contributed by atoms with Gasteiger partial charge < -0.3 is 4.57 Å². The summed E-state index contributed by atoms with van der Waals surface area (Å²) in [4.78, 5) is 8.92. The van der Waals surface area contributed by atoms with Crippen LogP contribution < -0.4 is 0 Å². The van der Waals surface area contributed by atoms with E-state index in [4.69, 9.17) is 21.8 Å². The zero-order valence-electron chi connectivity index (χ0n) is 12.5. The van der Waals surface area contributed by atoms with E-state index in [1.165, 1.54) is 0 Å². The van der Waals surface area contributed by atoms with Gasteiger partial charge in [0.2, 0.25) is 0 Å². The van der Waals surface area contributed by atoms with Crippen LogP contribution in [0.3, 0.4) is 0 Å². The van der Waals surface area contributed by atoms with Crippen molar-refractivity contribution >= 4 is 45.2 Å². The van der Waals surface area contributed by atoms with Gasteiger partial charge in [-0.15, -0.1) is 0 Å². The number of alkyl halides is 1. The van der Waals surface area contributed by atoms with Crippen LogP contribution >= 0.6 is 34.2 Å². The zero-order chi connectivity index (χ0) is 15.7. The Morgan fingerprint density at radius 2 is 2.18 bits per heavy atom. The normalized spacial score (nSPS) is 23.4. The Morgan fingerprint density at radius 1 is 1.45 bits per heavy atom. The molecule has 0 radical (unpaired) electrons. The SMILES string of the molecule is C[C@@H](I)c1nc2cnc(Cl)cc2n1C1CCC(CC#N)CC1. The summed E-state index contributed by atoms with van der Waals surface area (Å²) in [7, 11) is 0. The van der Waals surface area contributed by atoms with Gasteiger partial charge in [-0.05, 0) is 38.5 Å². The van der Waals surface area contributed by atoms with E-state index in [0.717, 1.165) is 42.5 Å². The molecule has 2 aromatic rings. The van der Waals surface area contributed by atoms with Gasteiger partial charge in [-0.3, -0.25) is 0 Å². The van der Waals surface area contributed by atoms with Crippen molar-refractivity contribution in [1.82, 2.24) is 14.5 Å². The van der Waals surface area contributed by atoms with Crippen LogP contribution in [0.15, 0.2) is 12.3 Å². The van der Waals surface area contributed by atoms with Crippen molar-refractivity contribution in [3.63, 3.8) is 0 Å². The van der Waals surface area contributed by atoms with E-state index in [-0.39, 0.29) is 0 Å². The minimum absolute atomic E-state index is 0.334. The Labute approximate surface area is 149 Å². The van der Waals surface area contributed by atoms with Crippen LogP contribution in [0.2, 0.25) is 5.15 Å². The third-order valence-electron chi connectivity index (χ3n) is 4.49. The van der Waals surface area contributed by atoms with Gasteiger partial charge >= 0.3 is 0 Å². The predicted molar refractivity (Wildman–Crippen MR) is 96.2 cm³/mol. The number of halogens is 2. The number of hydrogen-bond donors (Lipinski definition) is 0. The summed E-state index contributed by atoms with van der Waals surface area (Å²) in [5.74, 6) is 1.66. The molecule has 4 nitrogen and oxygen atoms in total. The Kier molecular flexibility index (Phi) is 4.88. The number of rotatable bonds is 3. The highest BCUT2D eigenvalue weighted by molar-refractivity contribution is 14.1. The number of hydrogen-bond acceptors (Lipinski definition) is 3. The number of nitriles is 1. The summed E-state index contributed by atoms with van der Waals surface area (Å²) < 4.78 is 2.70. The molecular formula is C16H18ClIN4. The maximum Gasteiger partial charge on any atom is 0.131 e. The molecule has 116 valence electrons. The predicted octanol–water partition coefficient (Wildman–Crippen LogP) is 5.23. The number of aromatic nitrogens is 3. The molecule has 2 heterocycles. The summed E-state index contributed by atoms with van der Waals surface area (Å²) in [6.07, 6.45) is 6.89. The van der Waals surface area contributed by atoms with Crippen LogP contribution in [0.25, 0.3) is 11.0 Å². The summed E-state index contributed by atoms with van der Waals surface area (Å²) in [5.41, 5.74) is 2.00. The van der Waals surface area contributed by atoms with Crippen molar-refractivity contribution in [3.8, 4) is 6.07 Å². The lowest BCUT2D eigenvalue weighted by Gasteiger charge is -2.30. The van der Waals surface area contributed by atoms with Crippen molar-refractivity contribution in [3.05, 3.63) is 23.2 Å². The van der Waals surface area contributed by atoms with Crippen LogP contribution in [-0.4, -0.2) is 14.5 Å². The maximum absolute atomic E-state index is 8.87. The zero-order valence-corrected chi connectivity index (χ0v) is 15.4. The van der Waals surface area contributed by atoms with Gasteiger partial charge in [0, 0.05) is 18.5 Å². The minimum Gasteiger partial charge on any atom is -0.324 e. The highest BCUT2D eigenvalue weighted by Gasteiger charge is 2.26. The summed E-state index contributed by atoms with van der Waals surface area (Å²) >= 11 is 8.50. The molecule has 0 aliphatic heterocycles. The van der Waals surface area contributed by atoms with Crippen molar-refractivity contribution < 1.29 is 0 Å². The Balaban J connectivity index is 1.97. The number of imidazole rings is 1. The second-order valence-electron chi connectivity index (χ2n) is 5.99. The fraction of sp³-hybridized carbons (Fsp3) is 0.562. The molecule has 0 bridgehead atoms. The van der Waals surface area contributed by atoms with Crippen LogP contribution in [0.4, 0.5) is 0 Å². The molecule has 0 unspecified atom stereocenters. The lowest BCUT2D eigenvalue weighted by Crippen LogP contribution is -2.20. The second kappa shape index (κ2) is 6.71. The first kappa shape index (κ1) is 16.0. The first-order valence-electron chi connectivity index (χ1n) is 7.64. The molecule has 0 amide bonds. The largest absolute Gasteiger partial charge is 0.324 e. The molecular weight excluding hydrogens is 411 g/mol. The molecule has 6 heteroatoms. The van der Waals surface area contributed by atoms with E-state index in [1.807, 2.05) is 6.07 Å². The van der Waals surface area contributed by atoms with E-state index >= 15 is 0 Å². The molecule has 0 saturated heterocycles. The third-order valence-corrected chi connectivity index (χ3v) is 5.25. The van der Waals surface area contributed by atoms with Gasteiger partial charge in [0.15, 0.2) is 0 Å². The minimum atomic E-state index is 0.334. The van der Waals surface area contributed by atoms with E-state index < -0.39 is 0 Å². The average molecular weight is 429 g/mol. The Bertz CT molecular complexity index is 711.